The summed E-state index contributed by atoms with van der Waals surface area (Å²) in [5.41, 5.74) is 1.93. The average Bonchev–Trinajstić information content (AvgIpc) is 2.78. The number of nitro benzene ring substituents is 1. The van der Waals surface area contributed by atoms with Crippen molar-refractivity contribution in [2.75, 3.05) is 0 Å². The number of benzene rings is 1. The van der Waals surface area contributed by atoms with Crippen molar-refractivity contribution in [1.29, 1.82) is 0 Å². The molecule has 17 heavy (non-hydrogen) atoms. The maximum Gasteiger partial charge on any atom is 0.270 e. The first-order valence-electron chi connectivity index (χ1n) is 5.28. The Labute approximate surface area is 103 Å². The van der Waals surface area contributed by atoms with Crippen molar-refractivity contribution in [2.45, 2.75) is 19.8 Å². The van der Waals surface area contributed by atoms with Crippen molar-refractivity contribution < 1.29 is 4.92 Å². The van der Waals surface area contributed by atoms with Gasteiger partial charge in [-0.2, -0.15) is 0 Å². The van der Waals surface area contributed by atoms with Gasteiger partial charge in [-0.05, 0) is 5.92 Å². The van der Waals surface area contributed by atoms with Gasteiger partial charge in [0.2, 0.25) is 0 Å². The summed E-state index contributed by atoms with van der Waals surface area (Å²) >= 11 is 1.52. The predicted molar refractivity (Wildman–Crippen MR) is 68.3 cm³/mol. The van der Waals surface area contributed by atoms with Crippen LogP contribution in [0.5, 0.6) is 0 Å². The van der Waals surface area contributed by atoms with Crippen molar-refractivity contribution in [2.24, 2.45) is 0 Å². The SMILES string of the molecule is CC(C)c1csc(-c2cccc([N+](=O)[O-])c2)n1. The summed E-state index contributed by atoms with van der Waals surface area (Å²) in [5.74, 6) is 0.374. The molecular formula is C12H12N2O2S. The number of hydrogen-bond donors (Lipinski definition) is 0. The third kappa shape index (κ3) is 2.50. The van der Waals surface area contributed by atoms with Gasteiger partial charge >= 0.3 is 0 Å². The monoisotopic (exact) mass is 248 g/mol. The molecule has 1 aromatic carbocycles. The van der Waals surface area contributed by atoms with Gasteiger partial charge in [0.25, 0.3) is 5.69 Å². The fraction of sp³-hybridized carbons (Fsp3) is 0.250. The second kappa shape index (κ2) is 4.63. The molecule has 0 aliphatic carbocycles. The normalized spacial score (nSPS) is 10.8. The lowest BCUT2D eigenvalue weighted by atomic mass is 10.1. The van der Waals surface area contributed by atoms with Gasteiger partial charge in [0.1, 0.15) is 5.01 Å². The van der Waals surface area contributed by atoms with Gasteiger partial charge in [0.15, 0.2) is 0 Å². The van der Waals surface area contributed by atoms with Crippen LogP contribution in [0.15, 0.2) is 29.6 Å². The topological polar surface area (TPSA) is 56.0 Å². The quantitative estimate of drug-likeness (QED) is 0.612. The van der Waals surface area contributed by atoms with Gasteiger partial charge in [0.05, 0.1) is 10.6 Å². The van der Waals surface area contributed by atoms with Gasteiger partial charge in [-0.1, -0.05) is 26.0 Å². The standard InChI is InChI=1S/C12H12N2O2S/c1-8(2)11-7-17-12(13-11)9-4-3-5-10(6-9)14(15)16/h3-8H,1-2H3. The second-order valence-corrected chi connectivity index (χ2v) is 4.90. The van der Waals surface area contributed by atoms with Crippen LogP contribution in [0, 0.1) is 10.1 Å². The van der Waals surface area contributed by atoms with E-state index in [-0.39, 0.29) is 10.6 Å². The molecule has 1 aromatic heterocycles. The Morgan fingerprint density at radius 2 is 2.18 bits per heavy atom. The summed E-state index contributed by atoms with van der Waals surface area (Å²) in [4.78, 5) is 14.8. The maximum atomic E-state index is 10.7. The molecule has 0 unspecified atom stereocenters. The Balaban J connectivity index is 2.38. The first-order chi connectivity index (χ1) is 8.08. The van der Waals surface area contributed by atoms with E-state index in [1.807, 2.05) is 11.4 Å². The zero-order valence-corrected chi connectivity index (χ0v) is 10.4. The molecule has 0 aliphatic rings. The Hall–Kier alpha value is -1.75. The lowest BCUT2D eigenvalue weighted by molar-refractivity contribution is -0.384. The summed E-state index contributed by atoms with van der Waals surface area (Å²) in [6.07, 6.45) is 0. The molecule has 5 heteroatoms. The summed E-state index contributed by atoms with van der Waals surface area (Å²) in [5, 5.41) is 13.5. The van der Waals surface area contributed by atoms with E-state index in [1.165, 1.54) is 17.4 Å². The zero-order chi connectivity index (χ0) is 12.4. The molecule has 2 rings (SSSR count). The highest BCUT2D eigenvalue weighted by Crippen LogP contribution is 2.28. The van der Waals surface area contributed by atoms with E-state index in [2.05, 4.69) is 18.8 Å². The minimum Gasteiger partial charge on any atom is -0.258 e. The number of rotatable bonds is 3. The summed E-state index contributed by atoms with van der Waals surface area (Å²) in [6, 6.07) is 6.57. The molecule has 4 nitrogen and oxygen atoms in total. The maximum absolute atomic E-state index is 10.7. The van der Waals surface area contributed by atoms with Crippen molar-refractivity contribution >= 4 is 17.0 Å². The summed E-state index contributed by atoms with van der Waals surface area (Å²) in [6.45, 7) is 4.15. The van der Waals surface area contributed by atoms with E-state index in [0.717, 1.165) is 16.3 Å². The number of non-ortho nitro benzene ring substituents is 1. The lowest BCUT2D eigenvalue weighted by Gasteiger charge is -1.98. The zero-order valence-electron chi connectivity index (χ0n) is 9.58. The fourth-order valence-electron chi connectivity index (χ4n) is 1.44. The molecule has 0 radical (unpaired) electrons. The smallest absolute Gasteiger partial charge is 0.258 e. The molecule has 0 spiro atoms. The molecule has 0 N–H and O–H groups in total. The van der Waals surface area contributed by atoms with Gasteiger partial charge in [-0.15, -0.1) is 11.3 Å². The van der Waals surface area contributed by atoms with Crippen LogP contribution >= 0.6 is 11.3 Å². The van der Waals surface area contributed by atoms with Crippen molar-refractivity contribution in [3.8, 4) is 10.6 Å². The molecule has 0 amide bonds. The average molecular weight is 248 g/mol. The van der Waals surface area contributed by atoms with E-state index in [9.17, 15) is 10.1 Å². The molecule has 88 valence electrons. The molecule has 0 bridgehead atoms. The molecule has 0 aliphatic heterocycles. The molecule has 0 atom stereocenters. The van der Waals surface area contributed by atoms with Gasteiger partial charge in [-0.25, -0.2) is 4.98 Å². The number of aromatic nitrogens is 1. The Bertz CT molecular complexity index is 549. The molecule has 0 fully saturated rings. The Morgan fingerprint density at radius 1 is 1.41 bits per heavy atom. The van der Waals surface area contributed by atoms with Crippen LogP contribution < -0.4 is 0 Å². The Morgan fingerprint density at radius 3 is 2.76 bits per heavy atom. The molecule has 2 aromatic rings. The molecular weight excluding hydrogens is 236 g/mol. The van der Waals surface area contributed by atoms with Crippen molar-refractivity contribution in [1.82, 2.24) is 4.98 Å². The third-order valence-corrected chi connectivity index (χ3v) is 3.33. The lowest BCUT2D eigenvalue weighted by Crippen LogP contribution is -1.89. The van der Waals surface area contributed by atoms with Crippen LogP contribution in [0.1, 0.15) is 25.5 Å². The number of thiazole rings is 1. The first kappa shape index (κ1) is 11.7. The molecule has 0 saturated carbocycles. The van der Waals surface area contributed by atoms with Crippen molar-refractivity contribution in [3.63, 3.8) is 0 Å². The van der Waals surface area contributed by atoms with Crippen LogP contribution in [0.25, 0.3) is 10.6 Å². The van der Waals surface area contributed by atoms with E-state index in [4.69, 9.17) is 0 Å². The van der Waals surface area contributed by atoms with Crippen LogP contribution in [0.2, 0.25) is 0 Å². The minimum atomic E-state index is -0.388. The highest BCUT2D eigenvalue weighted by atomic mass is 32.1. The fourth-order valence-corrected chi connectivity index (χ4v) is 2.41. The van der Waals surface area contributed by atoms with E-state index in [1.54, 1.807) is 12.1 Å². The molecule has 0 saturated heterocycles. The van der Waals surface area contributed by atoms with Crippen LogP contribution in [-0.4, -0.2) is 9.91 Å². The minimum absolute atomic E-state index is 0.101. The largest absolute Gasteiger partial charge is 0.270 e. The predicted octanol–water partition coefficient (Wildman–Crippen LogP) is 3.84. The van der Waals surface area contributed by atoms with Gasteiger partial charge < -0.3 is 0 Å². The number of hydrogen-bond acceptors (Lipinski definition) is 4. The summed E-state index contributed by atoms with van der Waals surface area (Å²) < 4.78 is 0. The van der Waals surface area contributed by atoms with E-state index >= 15 is 0 Å². The van der Waals surface area contributed by atoms with Gasteiger partial charge in [-0.3, -0.25) is 10.1 Å². The number of nitro groups is 1. The first-order valence-corrected chi connectivity index (χ1v) is 6.16. The van der Waals surface area contributed by atoms with Crippen molar-refractivity contribution in [3.05, 3.63) is 45.5 Å². The van der Waals surface area contributed by atoms with Crippen LogP contribution in [0.3, 0.4) is 0 Å². The molecule has 1 heterocycles. The van der Waals surface area contributed by atoms with Crippen LogP contribution in [0.4, 0.5) is 5.69 Å². The highest BCUT2D eigenvalue weighted by molar-refractivity contribution is 7.13. The number of nitrogens with zero attached hydrogens (tertiary/aromatic N) is 2. The second-order valence-electron chi connectivity index (χ2n) is 4.04. The van der Waals surface area contributed by atoms with E-state index in [0.29, 0.717) is 5.92 Å². The summed E-state index contributed by atoms with van der Waals surface area (Å²) in [7, 11) is 0. The van der Waals surface area contributed by atoms with Crippen LogP contribution in [-0.2, 0) is 0 Å². The van der Waals surface area contributed by atoms with E-state index < -0.39 is 0 Å². The highest BCUT2D eigenvalue weighted by Gasteiger charge is 2.11. The third-order valence-electron chi connectivity index (χ3n) is 2.42. The Kier molecular flexibility index (Phi) is 3.19. The van der Waals surface area contributed by atoms with Gasteiger partial charge in [0, 0.05) is 23.1 Å².